The summed E-state index contributed by atoms with van der Waals surface area (Å²) in [5.74, 6) is -0.0993. The van der Waals surface area contributed by atoms with Crippen LogP contribution in [0.3, 0.4) is 0 Å². The van der Waals surface area contributed by atoms with Gasteiger partial charge in [-0.15, -0.1) is 5.10 Å². The molecule has 6 N–H and O–H groups in total. The highest BCUT2D eigenvalue weighted by Crippen LogP contribution is 2.17. The van der Waals surface area contributed by atoms with Crippen molar-refractivity contribution in [1.82, 2.24) is 41.2 Å². The van der Waals surface area contributed by atoms with E-state index in [1.165, 1.54) is 0 Å². The molecule has 0 bridgehead atoms. The van der Waals surface area contributed by atoms with E-state index in [9.17, 15) is 4.79 Å². The van der Waals surface area contributed by atoms with Crippen LogP contribution in [0.25, 0.3) is 0 Å². The second-order valence-electron chi connectivity index (χ2n) is 9.69. The average Bonchev–Trinajstić information content (AvgIpc) is 3.19. The first-order valence-electron chi connectivity index (χ1n) is 12.1. The van der Waals surface area contributed by atoms with Gasteiger partial charge < -0.3 is 27.0 Å². The first kappa shape index (κ1) is 26.7. The molecule has 1 fully saturated rings. The van der Waals surface area contributed by atoms with Gasteiger partial charge in [0.1, 0.15) is 0 Å². The van der Waals surface area contributed by atoms with Gasteiger partial charge in [-0.25, -0.2) is 0 Å². The lowest BCUT2D eigenvalue weighted by molar-refractivity contribution is -0.124. The van der Waals surface area contributed by atoms with Gasteiger partial charge >= 0.3 is 0 Å². The lowest BCUT2D eigenvalue weighted by Crippen LogP contribution is -2.48. The molecule has 32 heavy (non-hydrogen) atoms. The molecule has 1 aliphatic rings. The molecule has 0 spiro atoms. The molecule has 0 aromatic carbocycles. The lowest BCUT2D eigenvalue weighted by atomic mass is 9.87. The van der Waals surface area contributed by atoms with Crippen LogP contribution in [0.2, 0.25) is 0 Å². The van der Waals surface area contributed by atoms with E-state index >= 15 is 0 Å². The number of rotatable bonds is 7. The minimum atomic E-state index is -0.504. The number of aryl methyl sites for hydroxylation is 1. The van der Waals surface area contributed by atoms with Crippen molar-refractivity contribution in [1.29, 1.82) is 0 Å². The number of nitrogens with one attached hydrogen (secondary N) is 4. The normalized spacial score (nSPS) is 19.2. The van der Waals surface area contributed by atoms with Crippen molar-refractivity contribution in [2.45, 2.75) is 59.2 Å². The highest BCUT2D eigenvalue weighted by molar-refractivity contribution is 5.82. The van der Waals surface area contributed by atoms with Crippen LogP contribution < -0.4 is 27.0 Å². The van der Waals surface area contributed by atoms with Crippen LogP contribution in [0.15, 0.2) is 6.20 Å². The number of hydrogen-bond donors (Lipinski definition) is 5. The Morgan fingerprint density at radius 2 is 1.78 bits per heavy atom. The highest BCUT2D eigenvalue weighted by atomic mass is 16.2. The molecular formula is C22H45N9O. The fourth-order valence-electron chi connectivity index (χ4n) is 3.53. The Labute approximate surface area is 193 Å². The Morgan fingerprint density at radius 1 is 1.09 bits per heavy atom. The third-order valence-electron chi connectivity index (χ3n) is 5.67. The fourth-order valence-corrected chi connectivity index (χ4v) is 3.53. The Morgan fingerprint density at radius 3 is 2.50 bits per heavy atom. The van der Waals surface area contributed by atoms with E-state index in [2.05, 4.69) is 36.5 Å². The van der Waals surface area contributed by atoms with Gasteiger partial charge in [0.2, 0.25) is 5.91 Å². The molecule has 1 aromatic rings. The molecule has 1 aliphatic heterocycles. The standard InChI is InChI=1S/C22H45N9O/c1-22(2,3)20(23)21(32)27-10-6-15-31-18-19(28-29-31)17-30-14-5-9-25-12-11-24-7-4-8-26-13-16-30/h18,20,24-26H,4-17,23H2,1-3H3,(H,27,32). The van der Waals surface area contributed by atoms with Crippen molar-refractivity contribution >= 4 is 5.91 Å². The minimum Gasteiger partial charge on any atom is -0.355 e. The third kappa shape index (κ3) is 10.8. The maximum Gasteiger partial charge on any atom is 0.237 e. The predicted molar refractivity (Wildman–Crippen MR) is 128 cm³/mol. The topological polar surface area (TPSA) is 125 Å². The van der Waals surface area contributed by atoms with Crippen LogP contribution in [-0.4, -0.2) is 90.7 Å². The summed E-state index contributed by atoms with van der Waals surface area (Å²) in [5.41, 5.74) is 6.74. The van der Waals surface area contributed by atoms with Crippen LogP contribution in [0, 0.1) is 5.41 Å². The van der Waals surface area contributed by atoms with E-state index in [-0.39, 0.29) is 11.3 Å². The average molecular weight is 452 g/mol. The van der Waals surface area contributed by atoms with Gasteiger partial charge in [0.25, 0.3) is 0 Å². The molecule has 184 valence electrons. The highest BCUT2D eigenvalue weighted by Gasteiger charge is 2.26. The SMILES string of the molecule is CC(C)(C)C(N)C(=O)NCCCn1cc(CN2CCCNCCNCCCNCC2)nn1. The number of amides is 1. The van der Waals surface area contributed by atoms with Gasteiger partial charge in [0, 0.05) is 52.0 Å². The molecule has 10 nitrogen and oxygen atoms in total. The first-order chi connectivity index (χ1) is 15.4. The van der Waals surface area contributed by atoms with Crippen LogP contribution in [0.4, 0.5) is 0 Å². The smallest absolute Gasteiger partial charge is 0.237 e. The van der Waals surface area contributed by atoms with Gasteiger partial charge in [-0.1, -0.05) is 26.0 Å². The first-order valence-corrected chi connectivity index (χ1v) is 12.1. The maximum atomic E-state index is 12.1. The molecule has 10 heteroatoms. The summed E-state index contributed by atoms with van der Waals surface area (Å²) < 4.78 is 1.86. The van der Waals surface area contributed by atoms with Crippen LogP contribution in [-0.2, 0) is 17.9 Å². The number of hydrogen-bond acceptors (Lipinski definition) is 8. The third-order valence-corrected chi connectivity index (χ3v) is 5.67. The van der Waals surface area contributed by atoms with Crippen molar-refractivity contribution in [3.8, 4) is 0 Å². The fraction of sp³-hybridized carbons (Fsp3) is 0.864. The monoisotopic (exact) mass is 451 g/mol. The van der Waals surface area contributed by atoms with Gasteiger partial charge in [-0.2, -0.15) is 0 Å². The van der Waals surface area contributed by atoms with Crippen molar-refractivity contribution in [3.63, 3.8) is 0 Å². The van der Waals surface area contributed by atoms with Crippen molar-refractivity contribution in [2.75, 3.05) is 58.9 Å². The molecular weight excluding hydrogens is 406 g/mol. The second-order valence-corrected chi connectivity index (χ2v) is 9.69. The number of carbonyl (C=O) groups is 1. The predicted octanol–water partition coefficient (Wildman–Crippen LogP) is -0.478. The minimum absolute atomic E-state index is 0.0993. The number of nitrogens with zero attached hydrogens (tertiary/aromatic N) is 4. The summed E-state index contributed by atoms with van der Waals surface area (Å²) in [6.45, 7) is 16.2. The summed E-state index contributed by atoms with van der Waals surface area (Å²) >= 11 is 0. The summed E-state index contributed by atoms with van der Waals surface area (Å²) in [6, 6.07) is -0.504. The molecule has 1 aromatic heterocycles. The van der Waals surface area contributed by atoms with Crippen molar-refractivity contribution in [3.05, 3.63) is 11.9 Å². The zero-order valence-electron chi connectivity index (χ0n) is 20.3. The van der Waals surface area contributed by atoms with Gasteiger partial charge in [-0.3, -0.25) is 14.4 Å². The molecule has 0 radical (unpaired) electrons. The van der Waals surface area contributed by atoms with Gasteiger partial charge in [-0.05, 0) is 50.9 Å². The van der Waals surface area contributed by atoms with E-state index < -0.39 is 6.04 Å². The van der Waals surface area contributed by atoms with E-state index in [0.29, 0.717) is 6.54 Å². The number of aromatic nitrogens is 3. The maximum absolute atomic E-state index is 12.1. The Hall–Kier alpha value is -1.59. The quantitative estimate of drug-likeness (QED) is 0.352. The zero-order valence-corrected chi connectivity index (χ0v) is 20.3. The van der Waals surface area contributed by atoms with E-state index in [0.717, 1.165) is 90.4 Å². The van der Waals surface area contributed by atoms with E-state index in [1.807, 2.05) is 31.6 Å². The molecule has 1 unspecified atom stereocenters. The zero-order chi connectivity index (χ0) is 23.2. The molecule has 1 saturated heterocycles. The molecule has 1 atom stereocenters. The van der Waals surface area contributed by atoms with Gasteiger partial charge in [0.05, 0.1) is 11.7 Å². The van der Waals surface area contributed by atoms with E-state index in [4.69, 9.17) is 5.73 Å². The van der Waals surface area contributed by atoms with Crippen molar-refractivity contribution < 1.29 is 4.79 Å². The Bertz CT molecular complexity index is 630. The second kappa shape index (κ2) is 14.5. The molecule has 1 amide bonds. The summed E-state index contributed by atoms with van der Waals surface area (Å²) in [6.07, 6.45) is 5.08. The molecule has 2 rings (SSSR count). The number of carbonyl (C=O) groups excluding carboxylic acids is 1. The summed E-state index contributed by atoms with van der Waals surface area (Å²) in [5, 5.41) is 22.1. The van der Waals surface area contributed by atoms with Crippen LogP contribution in [0.5, 0.6) is 0 Å². The Kier molecular flexibility index (Phi) is 12.1. The largest absolute Gasteiger partial charge is 0.355 e. The lowest BCUT2D eigenvalue weighted by Gasteiger charge is -2.25. The summed E-state index contributed by atoms with van der Waals surface area (Å²) in [7, 11) is 0. The van der Waals surface area contributed by atoms with E-state index in [1.54, 1.807) is 0 Å². The summed E-state index contributed by atoms with van der Waals surface area (Å²) in [4.78, 5) is 14.6. The van der Waals surface area contributed by atoms with Crippen LogP contribution in [0.1, 0.15) is 45.7 Å². The van der Waals surface area contributed by atoms with Crippen molar-refractivity contribution in [2.24, 2.45) is 11.1 Å². The van der Waals surface area contributed by atoms with Crippen LogP contribution >= 0.6 is 0 Å². The Balaban J connectivity index is 1.73. The number of nitrogens with two attached hydrogens (primary N) is 1. The molecule has 0 saturated carbocycles. The molecule has 2 heterocycles. The van der Waals surface area contributed by atoms with Gasteiger partial charge in [0.15, 0.2) is 0 Å². The molecule has 0 aliphatic carbocycles.